The molecule has 0 unspecified atom stereocenters. The maximum Gasteiger partial charge on any atom is 1.00 e. The van der Waals surface area contributed by atoms with Crippen LogP contribution >= 0.6 is 0 Å². The molecular weight excluding hydrogens is 1250 g/mol. The number of ether oxygens (including phenoxy) is 6. The molecule has 468 valence electrons. The summed E-state index contributed by atoms with van der Waals surface area (Å²) in [6, 6.07) is -2.59. The first kappa shape index (κ1) is 94.6. The molecule has 2 fully saturated rings. The monoisotopic (exact) mass is 1340 g/mol. The van der Waals surface area contributed by atoms with Gasteiger partial charge in [0.25, 0.3) is 23.9 Å². The molecule has 2 saturated heterocycles. The van der Waals surface area contributed by atoms with Gasteiger partial charge < -0.3 is 66.6 Å². The van der Waals surface area contributed by atoms with Crippen molar-refractivity contribution in [2.75, 3.05) is 26.4 Å². The molecule has 0 bridgehead atoms. The molecule has 3 atom stereocenters. The molecule has 2 aliphatic heterocycles. The van der Waals surface area contributed by atoms with E-state index >= 15 is 0 Å². The average Bonchev–Trinajstić information content (AvgIpc) is 3.65. The summed E-state index contributed by atoms with van der Waals surface area (Å²) >= 11 is 0. The van der Waals surface area contributed by atoms with Crippen molar-refractivity contribution in [3.05, 3.63) is 12.5 Å². The molecule has 0 aromatic heterocycles. The average molecular weight is 1340 g/mol. The fraction of sp³-hybridized carbons (Fsp3) is 0.700. The number of nitrogens with zero attached hydrogens (tertiary/aromatic N) is 4. The van der Waals surface area contributed by atoms with Crippen molar-refractivity contribution in [1.82, 2.24) is 15.1 Å². The Morgan fingerprint density at radius 2 is 1.01 bits per heavy atom. The van der Waals surface area contributed by atoms with Gasteiger partial charge in [-0.05, 0) is 102 Å². The molecule has 0 saturated carbocycles. The van der Waals surface area contributed by atoms with E-state index in [1.165, 1.54) is 6.42 Å². The Morgan fingerprint density at radius 1 is 0.654 bits per heavy atom. The third kappa shape index (κ3) is 65.0. The van der Waals surface area contributed by atoms with Crippen LogP contribution < -0.4 is 24.2 Å². The first-order valence-corrected chi connectivity index (χ1v) is 24.4. The normalized spacial score (nSPS) is 13.8. The minimum atomic E-state index is -1.00. The summed E-state index contributed by atoms with van der Waals surface area (Å²) in [5.74, 6) is -5.99. The van der Waals surface area contributed by atoms with E-state index in [0.29, 0.717) is 0 Å². The van der Waals surface area contributed by atoms with Crippen LogP contribution in [0.15, 0.2) is 0 Å². The molecule has 31 heteroatoms. The summed E-state index contributed by atoms with van der Waals surface area (Å²) in [4.78, 5) is 146. The van der Waals surface area contributed by atoms with Crippen molar-refractivity contribution < 1.29 is 174 Å². The van der Waals surface area contributed by atoms with Crippen molar-refractivity contribution >= 4 is 83.8 Å². The summed E-state index contributed by atoms with van der Waals surface area (Å²) in [6.07, 6.45) is 1.74. The van der Waals surface area contributed by atoms with Gasteiger partial charge in [0.1, 0.15) is 34.9 Å². The largest absolute Gasteiger partial charge is 1.00 e. The number of rotatable bonds is 12. The van der Waals surface area contributed by atoms with Gasteiger partial charge in [-0.2, -0.15) is 11.2 Å². The SMILES string of the molecule is CC(=O)O.CC(=O)O.CC(=O)O.CC(=O)O.CCOC(=O)[C@@H]1CCC(=O)CN1C(=O)OC(C)(C)C.CCOC(=O)[C@@H]1CCC(=O)N1C(=O)OC(C)(C)C.CCOC(=O)[C@H](CCC(=O)C=[N+]=[N-])NC(=O)OC(C)(C)C.[CH2-]CCC.[Li+].[Rh].[Rh]. The van der Waals surface area contributed by atoms with Gasteiger partial charge in [-0.25, -0.2) is 33.7 Å². The van der Waals surface area contributed by atoms with Gasteiger partial charge in [0, 0.05) is 85.9 Å². The topological polar surface area (TPSA) is 413 Å². The Bertz CT molecular complexity index is 1920. The van der Waals surface area contributed by atoms with E-state index in [1.807, 2.05) is 0 Å². The second-order valence-electron chi connectivity index (χ2n) is 18.6. The first-order chi connectivity index (χ1) is 35.5. The standard InChI is InChI=1S/C13H21N3O5.C13H21NO5.C12H19NO5.C4H9.4C2H4O2.Li.2Rh/c1-5-20-11(18)10(7-6-9(17)8-15-14)16-12(19)21-13(2,3)4;1-5-18-11(16)10-7-6-9(15)8-14(10)12(17)19-13(2,3)4;1-5-17-10(15)8-6-7-9(14)13(8)11(16)18-12(2,3)4;1-3-4-2;4*1-2(3)4;;;/h8,10H,5-7H2,1-4H3,(H,16,19);10H,5-8H2,1-4H3;8H,5-7H2,1-4H3;1,3-4H2,2H3;4*1H3,(H,3,4);;;/q;;;-1;;;;;+1;;/t2*10-;8-;;;;;;;;/m000......../s1. The minimum absolute atomic E-state index is 0. The number of carboxylic acid groups (broad SMARTS) is 4. The Kier molecular flexibility index (Phi) is 61.2. The van der Waals surface area contributed by atoms with Crippen molar-refractivity contribution in [2.45, 2.75) is 204 Å². The Morgan fingerprint density at radius 3 is 1.36 bits per heavy atom. The van der Waals surface area contributed by atoms with Gasteiger partial charge in [-0.1, -0.05) is 13.3 Å². The Hall–Kier alpha value is -5.67. The zero-order chi connectivity index (χ0) is 62.7. The number of ketones is 2. The van der Waals surface area contributed by atoms with E-state index in [1.54, 1.807) is 83.1 Å². The second-order valence-corrected chi connectivity index (χ2v) is 18.6. The molecule has 0 aromatic rings. The van der Waals surface area contributed by atoms with Crippen LogP contribution in [0.2, 0.25) is 0 Å². The maximum absolute atomic E-state index is 12.0. The van der Waals surface area contributed by atoms with Crippen molar-refractivity contribution in [2.24, 2.45) is 0 Å². The molecule has 2 radical (unpaired) electrons. The smallest absolute Gasteiger partial charge is 0.481 e. The predicted molar refractivity (Wildman–Crippen MR) is 278 cm³/mol. The van der Waals surface area contributed by atoms with Gasteiger partial charge in [0.05, 0.1) is 26.4 Å². The molecule has 0 aromatic carbocycles. The number of likely N-dealkylation sites (tertiary alicyclic amines) is 2. The number of imide groups is 1. The zero-order valence-electron chi connectivity index (χ0n) is 50.0. The van der Waals surface area contributed by atoms with Crippen molar-refractivity contribution in [3.8, 4) is 0 Å². The molecule has 5 N–H and O–H groups in total. The Labute approximate surface area is 512 Å². The van der Waals surface area contributed by atoms with E-state index < -0.39 is 107 Å². The van der Waals surface area contributed by atoms with Crippen LogP contribution in [-0.4, -0.2) is 180 Å². The van der Waals surface area contributed by atoms with Crippen LogP contribution in [-0.2, 0) is 115 Å². The number of amides is 4. The molecule has 28 nitrogen and oxygen atoms in total. The van der Waals surface area contributed by atoms with Gasteiger partial charge >= 0.3 is 61.3 Å². The van der Waals surface area contributed by atoms with Gasteiger partial charge in [0.2, 0.25) is 11.7 Å². The number of Topliss-reactive ketones (excluding diaryl/α,β-unsaturated/α-hetero) is 2. The van der Waals surface area contributed by atoms with Crippen molar-refractivity contribution in [1.29, 1.82) is 0 Å². The molecule has 0 aliphatic carbocycles. The van der Waals surface area contributed by atoms with E-state index in [4.69, 9.17) is 73.6 Å². The number of carboxylic acids is 4. The molecule has 2 rings (SSSR count). The summed E-state index contributed by atoms with van der Waals surface area (Å²) in [5, 5.41) is 32.0. The van der Waals surface area contributed by atoms with Gasteiger partial charge in [-0.3, -0.25) is 38.5 Å². The molecule has 2 aliphatic rings. The molecule has 81 heavy (non-hydrogen) atoms. The predicted octanol–water partition coefficient (Wildman–Crippen LogP) is 3.07. The maximum atomic E-state index is 12.0. The second kappa shape index (κ2) is 52.4. The summed E-state index contributed by atoms with van der Waals surface area (Å²) in [5.41, 5.74) is 6.15. The Balaban J connectivity index is -0.000000115. The number of unbranched alkanes of at least 4 members (excludes halogenated alkanes) is 1. The number of piperidine rings is 1. The van der Waals surface area contributed by atoms with Crippen LogP contribution in [0.5, 0.6) is 0 Å². The van der Waals surface area contributed by atoms with E-state index in [0.717, 1.165) is 50.1 Å². The van der Waals surface area contributed by atoms with Gasteiger partial charge in [0.15, 0.2) is 5.78 Å². The number of nitrogens with one attached hydrogen (secondary N) is 1. The first-order valence-electron chi connectivity index (χ1n) is 24.4. The summed E-state index contributed by atoms with van der Waals surface area (Å²) < 4.78 is 30.0. The molecule has 0 spiro atoms. The third-order valence-electron chi connectivity index (χ3n) is 7.46. The van der Waals surface area contributed by atoms with Crippen LogP contribution in [0, 0.1) is 6.92 Å². The number of hydrogen-bond donors (Lipinski definition) is 5. The molecular formula is C50H86LiN5O23Rh2. The van der Waals surface area contributed by atoms with Crippen LogP contribution in [0.1, 0.15) is 169 Å². The van der Waals surface area contributed by atoms with Crippen LogP contribution in [0.4, 0.5) is 14.4 Å². The minimum Gasteiger partial charge on any atom is -0.481 e. The fourth-order valence-corrected chi connectivity index (χ4v) is 4.87. The number of esters is 3. The van der Waals surface area contributed by atoms with Gasteiger partial charge in [-0.15, -0.1) is 0 Å². The number of carbonyl (C=O) groups excluding carboxylic acids is 9. The number of hydrogen-bond acceptors (Lipinski definition) is 19. The summed E-state index contributed by atoms with van der Waals surface area (Å²) in [6.45, 7) is 30.9. The molecule has 2 heterocycles. The summed E-state index contributed by atoms with van der Waals surface area (Å²) in [7, 11) is 0. The van der Waals surface area contributed by atoms with E-state index in [2.05, 4.69) is 24.0 Å². The molecule has 4 amide bonds. The quantitative estimate of drug-likeness (QED) is 0.0356. The number of carbonyl (C=O) groups is 13. The number of aliphatic carboxylic acids is 4. The van der Waals surface area contributed by atoms with E-state index in [-0.39, 0.29) is 128 Å². The van der Waals surface area contributed by atoms with Crippen molar-refractivity contribution in [3.63, 3.8) is 0 Å². The van der Waals surface area contributed by atoms with E-state index in [9.17, 15) is 43.2 Å². The van der Waals surface area contributed by atoms with Crippen LogP contribution in [0.3, 0.4) is 0 Å². The number of alkyl carbamates (subject to hydrolysis) is 1. The van der Waals surface area contributed by atoms with Crippen LogP contribution in [0.25, 0.3) is 5.53 Å². The third-order valence-corrected chi connectivity index (χ3v) is 7.46. The fourth-order valence-electron chi connectivity index (χ4n) is 4.87. The zero-order valence-corrected chi connectivity index (χ0v) is 53.3.